The molecule has 21 heavy (non-hydrogen) atoms. The minimum absolute atomic E-state index is 0.276. The van der Waals surface area contributed by atoms with Gasteiger partial charge in [-0.3, -0.25) is 15.1 Å². The Kier molecular flexibility index (Phi) is 4.74. The molecule has 1 N–H and O–H groups in total. The van der Waals surface area contributed by atoms with E-state index in [1.807, 2.05) is 25.1 Å². The summed E-state index contributed by atoms with van der Waals surface area (Å²) in [5.41, 5.74) is 1.58. The SMILES string of the molecule is Cc1cc(Br)ccc1N=Cc1cc(Br)cc([N+](=O)[O-])c1O. The average Bonchev–Trinajstić information content (AvgIpc) is 2.40. The molecule has 0 aromatic heterocycles. The van der Waals surface area contributed by atoms with E-state index in [-0.39, 0.29) is 11.3 Å². The maximum Gasteiger partial charge on any atom is 0.312 e. The number of rotatable bonds is 3. The predicted octanol–water partition coefficient (Wildman–Crippen LogP) is 4.88. The van der Waals surface area contributed by atoms with Crippen molar-refractivity contribution in [3.8, 4) is 5.75 Å². The van der Waals surface area contributed by atoms with Crippen molar-refractivity contribution in [2.45, 2.75) is 6.92 Å². The number of nitro groups is 1. The van der Waals surface area contributed by atoms with Gasteiger partial charge in [0.25, 0.3) is 0 Å². The molecular formula is C14H10Br2N2O3. The largest absolute Gasteiger partial charge is 0.502 e. The van der Waals surface area contributed by atoms with E-state index in [0.29, 0.717) is 4.47 Å². The second-order valence-electron chi connectivity index (χ2n) is 4.31. The summed E-state index contributed by atoms with van der Waals surface area (Å²) in [4.78, 5) is 14.5. The van der Waals surface area contributed by atoms with Gasteiger partial charge >= 0.3 is 5.69 Å². The number of hydrogen-bond donors (Lipinski definition) is 1. The van der Waals surface area contributed by atoms with Gasteiger partial charge in [-0.25, -0.2) is 0 Å². The first-order chi connectivity index (χ1) is 9.88. The third-order valence-corrected chi connectivity index (χ3v) is 3.73. The Hall–Kier alpha value is -1.73. The lowest BCUT2D eigenvalue weighted by Crippen LogP contribution is -1.92. The summed E-state index contributed by atoms with van der Waals surface area (Å²) in [6.45, 7) is 1.90. The topological polar surface area (TPSA) is 75.7 Å². The fourth-order valence-electron chi connectivity index (χ4n) is 1.75. The summed E-state index contributed by atoms with van der Waals surface area (Å²) in [5.74, 6) is -0.401. The Morgan fingerprint density at radius 3 is 2.57 bits per heavy atom. The highest BCUT2D eigenvalue weighted by Gasteiger charge is 2.17. The van der Waals surface area contributed by atoms with Crippen molar-refractivity contribution in [1.29, 1.82) is 0 Å². The van der Waals surface area contributed by atoms with Gasteiger partial charge in [-0.2, -0.15) is 0 Å². The lowest BCUT2D eigenvalue weighted by molar-refractivity contribution is -0.385. The zero-order valence-electron chi connectivity index (χ0n) is 10.9. The summed E-state index contributed by atoms with van der Waals surface area (Å²) < 4.78 is 1.45. The normalized spacial score (nSPS) is 11.0. The number of nitro benzene ring substituents is 1. The maximum atomic E-state index is 10.9. The van der Waals surface area contributed by atoms with Gasteiger partial charge in [0, 0.05) is 26.8 Å². The van der Waals surface area contributed by atoms with Crippen LogP contribution in [-0.2, 0) is 0 Å². The second kappa shape index (κ2) is 6.36. The molecule has 0 aliphatic heterocycles. The van der Waals surface area contributed by atoms with Gasteiger partial charge < -0.3 is 5.11 Å². The van der Waals surface area contributed by atoms with Crippen molar-refractivity contribution in [3.63, 3.8) is 0 Å². The molecule has 0 radical (unpaired) electrons. The van der Waals surface area contributed by atoms with E-state index in [1.54, 1.807) is 6.07 Å². The summed E-state index contributed by atoms with van der Waals surface area (Å²) in [6, 6.07) is 8.40. The molecular weight excluding hydrogens is 404 g/mol. The van der Waals surface area contributed by atoms with Gasteiger partial charge in [0.2, 0.25) is 5.75 Å². The number of hydrogen-bond acceptors (Lipinski definition) is 4. The highest BCUT2D eigenvalue weighted by atomic mass is 79.9. The Labute approximate surface area is 137 Å². The van der Waals surface area contributed by atoms with E-state index >= 15 is 0 Å². The van der Waals surface area contributed by atoms with Crippen molar-refractivity contribution in [3.05, 3.63) is 60.5 Å². The van der Waals surface area contributed by atoms with E-state index in [1.165, 1.54) is 12.3 Å². The smallest absolute Gasteiger partial charge is 0.312 e. The van der Waals surface area contributed by atoms with Gasteiger partial charge in [0.1, 0.15) is 0 Å². The highest BCUT2D eigenvalue weighted by Crippen LogP contribution is 2.33. The molecule has 0 aliphatic carbocycles. The molecule has 0 amide bonds. The number of phenolic OH excluding ortho intramolecular Hbond substituents is 1. The van der Waals surface area contributed by atoms with Crippen LogP contribution in [0.5, 0.6) is 5.75 Å². The number of aryl methyl sites for hydroxylation is 1. The summed E-state index contributed by atoms with van der Waals surface area (Å²) >= 11 is 6.55. The number of benzene rings is 2. The van der Waals surface area contributed by atoms with Gasteiger partial charge in [-0.1, -0.05) is 31.9 Å². The zero-order valence-corrected chi connectivity index (χ0v) is 14.1. The lowest BCUT2D eigenvalue weighted by Gasteiger charge is -2.03. The van der Waals surface area contributed by atoms with Gasteiger partial charge in [0.15, 0.2) is 0 Å². The second-order valence-corrected chi connectivity index (χ2v) is 6.14. The van der Waals surface area contributed by atoms with E-state index < -0.39 is 10.7 Å². The monoisotopic (exact) mass is 412 g/mol. The quantitative estimate of drug-likeness (QED) is 0.442. The van der Waals surface area contributed by atoms with Gasteiger partial charge in [0.05, 0.1) is 10.6 Å². The number of phenols is 1. The van der Waals surface area contributed by atoms with Crippen molar-refractivity contribution in [2.24, 2.45) is 4.99 Å². The summed E-state index contributed by atoms with van der Waals surface area (Å²) in [6.07, 6.45) is 1.41. The first kappa shape index (κ1) is 15.7. The fourth-order valence-corrected chi connectivity index (χ4v) is 2.68. The molecule has 0 bridgehead atoms. The molecule has 0 heterocycles. The number of aliphatic imine (C=N–C) groups is 1. The molecule has 108 valence electrons. The third-order valence-electron chi connectivity index (χ3n) is 2.78. The molecule has 0 aliphatic rings. The van der Waals surface area contributed by atoms with Gasteiger partial charge in [-0.05, 0) is 36.8 Å². The standard InChI is InChI=1S/C14H10Br2N2O3/c1-8-4-10(15)2-3-12(8)17-7-9-5-11(16)6-13(14(9)19)18(20)21/h2-7,19H,1H3. The molecule has 2 aromatic carbocycles. The van der Waals surface area contributed by atoms with Crippen molar-refractivity contribution < 1.29 is 10.0 Å². The Morgan fingerprint density at radius 2 is 1.95 bits per heavy atom. The van der Waals surface area contributed by atoms with Crippen LogP contribution in [0.3, 0.4) is 0 Å². The van der Waals surface area contributed by atoms with E-state index in [2.05, 4.69) is 36.9 Å². The molecule has 0 saturated carbocycles. The Bertz CT molecular complexity index is 745. The van der Waals surface area contributed by atoms with Crippen molar-refractivity contribution in [1.82, 2.24) is 0 Å². The van der Waals surface area contributed by atoms with Crippen LogP contribution in [0.2, 0.25) is 0 Å². The zero-order chi connectivity index (χ0) is 15.6. The number of aromatic hydroxyl groups is 1. The fraction of sp³-hybridized carbons (Fsp3) is 0.0714. The van der Waals surface area contributed by atoms with Crippen LogP contribution in [0.15, 0.2) is 44.3 Å². The van der Waals surface area contributed by atoms with E-state index in [9.17, 15) is 15.2 Å². The van der Waals surface area contributed by atoms with Crippen molar-refractivity contribution in [2.75, 3.05) is 0 Å². The van der Waals surface area contributed by atoms with Crippen LogP contribution in [0.4, 0.5) is 11.4 Å². The minimum Gasteiger partial charge on any atom is -0.502 e. The van der Waals surface area contributed by atoms with Gasteiger partial charge in [-0.15, -0.1) is 0 Å². The predicted molar refractivity (Wildman–Crippen MR) is 88.6 cm³/mol. The number of nitrogens with zero attached hydrogens (tertiary/aromatic N) is 2. The van der Waals surface area contributed by atoms with E-state index in [0.717, 1.165) is 15.7 Å². The molecule has 2 rings (SSSR count). The molecule has 7 heteroatoms. The van der Waals surface area contributed by atoms with Crippen LogP contribution in [0, 0.1) is 17.0 Å². The highest BCUT2D eigenvalue weighted by molar-refractivity contribution is 9.10. The molecule has 2 aromatic rings. The molecule has 0 fully saturated rings. The molecule has 0 spiro atoms. The Morgan fingerprint density at radius 1 is 1.24 bits per heavy atom. The Balaban J connectivity index is 2.43. The molecule has 0 atom stereocenters. The molecule has 0 saturated heterocycles. The third kappa shape index (κ3) is 3.68. The minimum atomic E-state index is -0.637. The first-order valence-electron chi connectivity index (χ1n) is 5.85. The summed E-state index contributed by atoms with van der Waals surface area (Å²) in [5, 5.41) is 20.8. The maximum absolute atomic E-state index is 10.9. The average molecular weight is 414 g/mol. The van der Waals surface area contributed by atoms with E-state index in [4.69, 9.17) is 0 Å². The van der Waals surface area contributed by atoms with Crippen LogP contribution in [0.25, 0.3) is 0 Å². The molecule has 0 unspecified atom stereocenters. The van der Waals surface area contributed by atoms with Crippen molar-refractivity contribution >= 4 is 49.4 Å². The van der Waals surface area contributed by atoms with Crippen LogP contribution < -0.4 is 0 Å². The first-order valence-corrected chi connectivity index (χ1v) is 7.44. The number of halogens is 2. The lowest BCUT2D eigenvalue weighted by atomic mass is 10.2. The van der Waals surface area contributed by atoms with Crippen LogP contribution >= 0.6 is 31.9 Å². The summed E-state index contributed by atoms with van der Waals surface area (Å²) in [7, 11) is 0. The molecule has 5 nitrogen and oxygen atoms in total. The van der Waals surface area contributed by atoms with Crippen LogP contribution in [0.1, 0.15) is 11.1 Å². The van der Waals surface area contributed by atoms with Crippen LogP contribution in [-0.4, -0.2) is 16.2 Å².